The van der Waals surface area contributed by atoms with E-state index in [-0.39, 0.29) is 0 Å². The molecule has 0 aliphatic carbocycles. The minimum atomic E-state index is 0.861. The van der Waals surface area contributed by atoms with Crippen LogP contribution in [0.2, 0.25) is 0 Å². The lowest BCUT2D eigenvalue weighted by atomic mass is 10.2. The van der Waals surface area contributed by atoms with Crippen LogP contribution in [0.3, 0.4) is 0 Å². The standard InChI is InChI=1S/C19H19N7/c1-14-22-23-18-15-6-2-3-7-16(15)21-19(26(14)18)25-12-10-24(11-13-25)17-8-4-5-9-20-17/h2-9H,10-13H2,1H3. The van der Waals surface area contributed by atoms with Crippen molar-refractivity contribution in [3.8, 4) is 0 Å². The first-order valence-electron chi connectivity index (χ1n) is 8.83. The Hall–Kier alpha value is -3.22. The molecule has 3 aromatic heterocycles. The van der Waals surface area contributed by atoms with Gasteiger partial charge in [0.2, 0.25) is 5.95 Å². The van der Waals surface area contributed by atoms with Gasteiger partial charge in [-0.3, -0.25) is 0 Å². The number of aryl methyl sites for hydroxylation is 1. The number of rotatable bonds is 2. The first-order chi connectivity index (χ1) is 12.8. The van der Waals surface area contributed by atoms with Gasteiger partial charge in [-0.05, 0) is 31.2 Å². The molecule has 0 saturated carbocycles. The minimum Gasteiger partial charge on any atom is -0.353 e. The summed E-state index contributed by atoms with van der Waals surface area (Å²) in [4.78, 5) is 14.0. The van der Waals surface area contributed by atoms with Crippen LogP contribution in [-0.2, 0) is 0 Å². The second kappa shape index (κ2) is 5.94. The third kappa shape index (κ3) is 2.35. The van der Waals surface area contributed by atoms with E-state index in [1.54, 1.807) is 0 Å². The van der Waals surface area contributed by atoms with E-state index in [1.807, 2.05) is 43.5 Å². The van der Waals surface area contributed by atoms with Crippen LogP contribution >= 0.6 is 0 Å². The van der Waals surface area contributed by atoms with E-state index in [0.717, 1.165) is 60.3 Å². The molecule has 1 saturated heterocycles. The molecule has 0 bridgehead atoms. The number of fused-ring (bicyclic) bond motifs is 3. The number of para-hydroxylation sites is 1. The molecule has 0 amide bonds. The monoisotopic (exact) mass is 345 g/mol. The predicted molar refractivity (Wildman–Crippen MR) is 102 cm³/mol. The number of piperazine rings is 1. The molecule has 0 atom stereocenters. The summed E-state index contributed by atoms with van der Waals surface area (Å²) in [5, 5.41) is 9.71. The smallest absolute Gasteiger partial charge is 0.213 e. The highest BCUT2D eigenvalue weighted by atomic mass is 15.4. The lowest BCUT2D eigenvalue weighted by Crippen LogP contribution is -2.47. The zero-order chi connectivity index (χ0) is 17.5. The third-order valence-electron chi connectivity index (χ3n) is 4.93. The molecular weight excluding hydrogens is 326 g/mol. The van der Waals surface area contributed by atoms with Crippen molar-refractivity contribution in [2.45, 2.75) is 6.92 Å². The molecule has 4 aromatic rings. The van der Waals surface area contributed by atoms with Gasteiger partial charge in [-0.25, -0.2) is 14.4 Å². The summed E-state index contributed by atoms with van der Waals surface area (Å²) in [5.41, 5.74) is 1.82. The summed E-state index contributed by atoms with van der Waals surface area (Å²) in [6.45, 7) is 5.57. The molecule has 0 unspecified atom stereocenters. The first kappa shape index (κ1) is 15.1. The number of hydrogen-bond donors (Lipinski definition) is 0. The van der Waals surface area contributed by atoms with Crippen LogP contribution in [0.1, 0.15) is 5.82 Å². The fraction of sp³-hybridized carbons (Fsp3) is 0.263. The molecule has 1 aromatic carbocycles. The second-order valence-electron chi connectivity index (χ2n) is 6.50. The molecular formula is C19H19N7. The van der Waals surface area contributed by atoms with E-state index in [2.05, 4.69) is 41.5 Å². The number of aromatic nitrogens is 5. The Morgan fingerprint density at radius 2 is 1.62 bits per heavy atom. The van der Waals surface area contributed by atoms with Crippen LogP contribution < -0.4 is 9.80 Å². The zero-order valence-corrected chi connectivity index (χ0v) is 14.6. The van der Waals surface area contributed by atoms with E-state index in [0.29, 0.717) is 0 Å². The van der Waals surface area contributed by atoms with Crippen LogP contribution in [-0.4, -0.2) is 50.7 Å². The molecule has 130 valence electrons. The number of hydrogen-bond acceptors (Lipinski definition) is 6. The van der Waals surface area contributed by atoms with Crippen LogP contribution in [0.4, 0.5) is 11.8 Å². The number of benzene rings is 1. The maximum atomic E-state index is 4.93. The summed E-state index contributed by atoms with van der Waals surface area (Å²) < 4.78 is 2.07. The second-order valence-corrected chi connectivity index (χ2v) is 6.50. The highest BCUT2D eigenvalue weighted by Crippen LogP contribution is 2.25. The molecule has 0 spiro atoms. The Morgan fingerprint density at radius 1 is 0.846 bits per heavy atom. The molecule has 7 nitrogen and oxygen atoms in total. The van der Waals surface area contributed by atoms with Crippen molar-refractivity contribution in [2.75, 3.05) is 36.0 Å². The summed E-state index contributed by atoms with van der Waals surface area (Å²) in [5.74, 6) is 2.81. The van der Waals surface area contributed by atoms with Gasteiger partial charge in [-0.2, -0.15) is 0 Å². The minimum absolute atomic E-state index is 0.861. The number of anilines is 2. The van der Waals surface area contributed by atoms with E-state index in [9.17, 15) is 0 Å². The largest absolute Gasteiger partial charge is 0.353 e. The van der Waals surface area contributed by atoms with Gasteiger partial charge in [-0.15, -0.1) is 10.2 Å². The SMILES string of the molecule is Cc1nnc2c3ccccc3nc(N3CCN(c4ccccn4)CC3)n12. The highest BCUT2D eigenvalue weighted by Gasteiger charge is 2.23. The fourth-order valence-corrected chi connectivity index (χ4v) is 3.58. The summed E-state index contributed by atoms with van der Waals surface area (Å²) in [7, 11) is 0. The van der Waals surface area contributed by atoms with Gasteiger partial charge in [0.15, 0.2) is 5.65 Å². The van der Waals surface area contributed by atoms with Gasteiger partial charge < -0.3 is 9.80 Å². The van der Waals surface area contributed by atoms with Crippen molar-refractivity contribution in [3.63, 3.8) is 0 Å². The molecule has 5 rings (SSSR count). The molecule has 1 aliphatic rings. The molecule has 0 N–H and O–H groups in total. The highest BCUT2D eigenvalue weighted by molar-refractivity contribution is 5.92. The normalized spacial score (nSPS) is 15.1. The first-order valence-corrected chi connectivity index (χ1v) is 8.83. The predicted octanol–water partition coefficient (Wildman–Crippen LogP) is 2.31. The summed E-state index contributed by atoms with van der Waals surface area (Å²) in [6.07, 6.45) is 1.84. The van der Waals surface area contributed by atoms with Gasteiger partial charge in [0.05, 0.1) is 5.52 Å². The van der Waals surface area contributed by atoms with Gasteiger partial charge in [0.1, 0.15) is 11.6 Å². The van der Waals surface area contributed by atoms with E-state index < -0.39 is 0 Å². The van der Waals surface area contributed by atoms with E-state index in [1.165, 1.54) is 0 Å². The summed E-state index contributed by atoms with van der Waals surface area (Å²) in [6, 6.07) is 14.2. The zero-order valence-electron chi connectivity index (χ0n) is 14.6. The lowest BCUT2D eigenvalue weighted by Gasteiger charge is -2.36. The maximum absolute atomic E-state index is 4.93. The quantitative estimate of drug-likeness (QED) is 0.556. The number of pyridine rings is 1. The van der Waals surface area contributed by atoms with Gasteiger partial charge in [-0.1, -0.05) is 18.2 Å². The molecule has 0 radical (unpaired) electrons. The lowest BCUT2D eigenvalue weighted by molar-refractivity contribution is 0.631. The van der Waals surface area contributed by atoms with Crippen molar-refractivity contribution < 1.29 is 0 Å². The molecule has 1 aliphatic heterocycles. The molecule has 1 fully saturated rings. The topological polar surface area (TPSA) is 62.5 Å². The van der Waals surface area contributed by atoms with Crippen molar-refractivity contribution in [1.82, 2.24) is 24.6 Å². The van der Waals surface area contributed by atoms with E-state index in [4.69, 9.17) is 4.98 Å². The molecule has 7 heteroatoms. The Balaban J connectivity index is 1.52. The van der Waals surface area contributed by atoms with Gasteiger partial charge in [0, 0.05) is 37.8 Å². The van der Waals surface area contributed by atoms with Crippen LogP contribution in [0.5, 0.6) is 0 Å². The Kier molecular flexibility index (Phi) is 3.44. The van der Waals surface area contributed by atoms with Crippen molar-refractivity contribution in [2.24, 2.45) is 0 Å². The van der Waals surface area contributed by atoms with Gasteiger partial charge >= 0.3 is 0 Å². The fourth-order valence-electron chi connectivity index (χ4n) is 3.58. The Morgan fingerprint density at radius 3 is 2.42 bits per heavy atom. The summed E-state index contributed by atoms with van der Waals surface area (Å²) >= 11 is 0. The molecule has 4 heterocycles. The van der Waals surface area contributed by atoms with Crippen molar-refractivity contribution in [3.05, 3.63) is 54.5 Å². The van der Waals surface area contributed by atoms with E-state index >= 15 is 0 Å². The number of nitrogens with zero attached hydrogens (tertiary/aromatic N) is 7. The Labute approximate surface area is 150 Å². The average Bonchev–Trinajstić information content (AvgIpc) is 3.10. The van der Waals surface area contributed by atoms with Crippen LogP contribution in [0, 0.1) is 6.92 Å². The molecule has 26 heavy (non-hydrogen) atoms. The van der Waals surface area contributed by atoms with Crippen molar-refractivity contribution in [1.29, 1.82) is 0 Å². The Bertz CT molecular complexity index is 1070. The average molecular weight is 345 g/mol. The van der Waals surface area contributed by atoms with Crippen LogP contribution in [0.25, 0.3) is 16.6 Å². The van der Waals surface area contributed by atoms with Crippen LogP contribution in [0.15, 0.2) is 48.7 Å². The van der Waals surface area contributed by atoms with Crippen molar-refractivity contribution >= 4 is 28.3 Å². The maximum Gasteiger partial charge on any atom is 0.213 e. The van der Waals surface area contributed by atoms with Gasteiger partial charge in [0.25, 0.3) is 0 Å². The third-order valence-corrected chi connectivity index (χ3v) is 4.93.